The molecule has 4 nitrogen and oxygen atoms in total. The highest BCUT2D eigenvalue weighted by Crippen LogP contribution is 2.20. The zero-order chi connectivity index (χ0) is 14.8. The number of nitrogens with two attached hydrogens (primary N) is 1. The van der Waals surface area contributed by atoms with Gasteiger partial charge in [-0.1, -0.05) is 56.5 Å². The van der Waals surface area contributed by atoms with Crippen LogP contribution in [0.1, 0.15) is 38.2 Å². The van der Waals surface area contributed by atoms with Crippen LogP contribution in [0.2, 0.25) is 0 Å². The Balaban J connectivity index is 2.59. The fraction of sp³-hybridized carbons (Fsp3) is 0.562. The van der Waals surface area contributed by atoms with E-state index in [1.165, 1.54) is 20.0 Å². The summed E-state index contributed by atoms with van der Waals surface area (Å²) in [7, 11) is 1.34. The summed E-state index contributed by atoms with van der Waals surface area (Å²) in [4.78, 5) is 12.0. The molecule has 0 saturated heterocycles. The Kier molecular flexibility index (Phi) is 7.26. The molecule has 0 heterocycles. The van der Waals surface area contributed by atoms with Gasteiger partial charge in [-0.15, -0.1) is 0 Å². The second-order valence-electron chi connectivity index (χ2n) is 4.94. The van der Waals surface area contributed by atoms with Gasteiger partial charge in [0.25, 0.3) is 0 Å². The van der Waals surface area contributed by atoms with Gasteiger partial charge in [0.1, 0.15) is 0 Å². The van der Waals surface area contributed by atoms with Crippen molar-refractivity contribution in [1.82, 2.24) is 0 Å². The molecule has 0 aliphatic heterocycles. The summed E-state index contributed by atoms with van der Waals surface area (Å²) in [5.74, 6) is -0.475. The van der Waals surface area contributed by atoms with Gasteiger partial charge >= 0.3 is 5.97 Å². The summed E-state index contributed by atoms with van der Waals surface area (Å²) >= 11 is 0. The van der Waals surface area contributed by atoms with Crippen LogP contribution >= 0.6 is 0 Å². The van der Waals surface area contributed by atoms with E-state index in [4.69, 9.17) is 15.2 Å². The monoisotopic (exact) mass is 279 g/mol. The second kappa shape index (κ2) is 8.72. The molecule has 1 aromatic rings. The molecule has 1 rings (SSSR count). The summed E-state index contributed by atoms with van der Waals surface area (Å²) in [5.41, 5.74) is 5.69. The average Bonchev–Trinajstić information content (AvgIpc) is 2.50. The number of ether oxygens (including phenoxy) is 2. The van der Waals surface area contributed by atoms with Gasteiger partial charge in [-0.25, -0.2) is 4.79 Å². The smallest absolute Gasteiger partial charge is 0.332 e. The first-order valence-electron chi connectivity index (χ1n) is 7.15. The van der Waals surface area contributed by atoms with Gasteiger partial charge in [-0.2, -0.15) is 0 Å². The minimum atomic E-state index is -1.24. The van der Waals surface area contributed by atoms with Crippen molar-refractivity contribution in [2.24, 2.45) is 5.73 Å². The lowest BCUT2D eigenvalue weighted by atomic mass is 9.92. The third kappa shape index (κ3) is 4.62. The fourth-order valence-electron chi connectivity index (χ4n) is 2.04. The van der Waals surface area contributed by atoms with E-state index in [0.29, 0.717) is 12.2 Å². The minimum Gasteiger partial charge on any atom is -0.467 e. The van der Waals surface area contributed by atoms with Crippen molar-refractivity contribution < 1.29 is 14.3 Å². The largest absolute Gasteiger partial charge is 0.467 e. The molecule has 0 bridgehead atoms. The van der Waals surface area contributed by atoms with E-state index in [2.05, 4.69) is 6.92 Å². The van der Waals surface area contributed by atoms with Gasteiger partial charge in [0.2, 0.25) is 0 Å². The summed E-state index contributed by atoms with van der Waals surface area (Å²) in [5, 5.41) is 0. The van der Waals surface area contributed by atoms with Crippen molar-refractivity contribution >= 4 is 5.97 Å². The number of carbonyl (C=O) groups is 1. The number of rotatable bonds is 9. The Morgan fingerprint density at radius 1 is 1.20 bits per heavy atom. The van der Waals surface area contributed by atoms with Crippen molar-refractivity contribution in [2.45, 2.75) is 38.1 Å². The molecular weight excluding hydrogens is 254 g/mol. The number of hydrogen-bond donors (Lipinski definition) is 1. The topological polar surface area (TPSA) is 61.5 Å². The van der Waals surface area contributed by atoms with Gasteiger partial charge in [0.15, 0.2) is 5.54 Å². The van der Waals surface area contributed by atoms with Gasteiger partial charge in [0, 0.05) is 6.61 Å². The summed E-state index contributed by atoms with van der Waals surface area (Å²) in [6, 6.07) is 9.21. The van der Waals surface area contributed by atoms with E-state index in [1.807, 2.05) is 30.3 Å². The number of methoxy groups -OCH3 is 1. The quantitative estimate of drug-likeness (QED) is 0.557. The van der Waals surface area contributed by atoms with E-state index >= 15 is 0 Å². The third-order valence-electron chi connectivity index (χ3n) is 3.31. The number of hydrogen-bond acceptors (Lipinski definition) is 4. The molecule has 0 saturated carbocycles. The van der Waals surface area contributed by atoms with Crippen LogP contribution in [0.3, 0.4) is 0 Å². The van der Waals surface area contributed by atoms with E-state index in [-0.39, 0.29) is 6.61 Å². The van der Waals surface area contributed by atoms with Crippen molar-refractivity contribution in [3.8, 4) is 0 Å². The Morgan fingerprint density at radius 2 is 1.90 bits per heavy atom. The predicted molar refractivity (Wildman–Crippen MR) is 79.3 cm³/mol. The molecule has 0 fully saturated rings. The maximum atomic E-state index is 12.0. The zero-order valence-corrected chi connectivity index (χ0v) is 12.4. The maximum absolute atomic E-state index is 12.0. The molecular formula is C16H25NO3. The van der Waals surface area contributed by atoms with Gasteiger partial charge in [0.05, 0.1) is 13.7 Å². The molecule has 0 aromatic heterocycles. The van der Waals surface area contributed by atoms with Gasteiger partial charge < -0.3 is 15.2 Å². The number of unbranched alkanes of at least 4 members (excludes halogenated alkanes) is 3. The zero-order valence-electron chi connectivity index (χ0n) is 12.4. The number of benzene rings is 1. The highest BCUT2D eigenvalue weighted by Gasteiger charge is 2.37. The molecule has 1 aromatic carbocycles. The standard InChI is InChI=1S/C16H25NO3/c1-3-4-5-9-12-20-13-16(17,15(18)19-2)14-10-7-6-8-11-14/h6-8,10-11H,3-5,9,12-13,17H2,1-2H3. The third-order valence-corrected chi connectivity index (χ3v) is 3.31. The Labute approximate surface area is 121 Å². The molecule has 112 valence electrons. The first-order chi connectivity index (χ1) is 9.65. The van der Waals surface area contributed by atoms with E-state index in [9.17, 15) is 4.79 Å². The van der Waals surface area contributed by atoms with Crippen LogP contribution in [0.25, 0.3) is 0 Å². The van der Waals surface area contributed by atoms with Crippen molar-refractivity contribution in [2.75, 3.05) is 20.3 Å². The van der Waals surface area contributed by atoms with Crippen LogP contribution in [0.15, 0.2) is 30.3 Å². The molecule has 0 aliphatic carbocycles. The molecule has 20 heavy (non-hydrogen) atoms. The first kappa shape index (κ1) is 16.7. The average molecular weight is 279 g/mol. The first-order valence-corrected chi connectivity index (χ1v) is 7.15. The van der Waals surface area contributed by atoms with E-state index in [1.54, 1.807) is 0 Å². The van der Waals surface area contributed by atoms with Crippen LogP contribution in [-0.4, -0.2) is 26.3 Å². The van der Waals surface area contributed by atoms with Gasteiger partial charge in [-0.3, -0.25) is 0 Å². The minimum absolute atomic E-state index is 0.135. The van der Waals surface area contributed by atoms with Crippen LogP contribution in [-0.2, 0) is 19.8 Å². The molecule has 2 N–H and O–H groups in total. The summed E-state index contributed by atoms with van der Waals surface area (Å²) < 4.78 is 10.4. The normalized spacial score (nSPS) is 13.8. The molecule has 0 aliphatic rings. The number of esters is 1. The van der Waals surface area contributed by atoms with Crippen molar-refractivity contribution in [3.63, 3.8) is 0 Å². The summed E-state index contributed by atoms with van der Waals surface area (Å²) in [6.45, 7) is 2.91. The second-order valence-corrected chi connectivity index (χ2v) is 4.94. The Morgan fingerprint density at radius 3 is 2.50 bits per heavy atom. The number of carbonyl (C=O) groups excluding carboxylic acids is 1. The van der Waals surface area contributed by atoms with Crippen LogP contribution in [0, 0.1) is 0 Å². The highest BCUT2D eigenvalue weighted by atomic mass is 16.5. The molecule has 1 atom stereocenters. The lowest BCUT2D eigenvalue weighted by molar-refractivity contribution is -0.150. The highest BCUT2D eigenvalue weighted by molar-refractivity contribution is 5.82. The van der Waals surface area contributed by atoms with Crippen molar-refractivity contribution in [1.29, 1.82) is 0 Å². The SMILES string of the molecule is CCCCCCOCC(N)(C(=O)OC)c1ccccc1. The van der Waals surface area contributed by atoms with Crippen LogP contribution in [0.5, 0.6) is 0 Å². The Hall–Kier alpha value is -1.39. The predicted octanol–water partition coefficient (Wildman–Crippen LogP) is 2.61. The van der Waals surface area contributed by atoms with E-state index < -0.39 is 11.5 Å². The molecule has 0 spiro atoms. The lowest BCUT2D eigenvalue weighted by Crippen LogP contribution is -2.49. The molecule has 1 unspecified atom stereocenters. The van der Waals surface area contributed by atoms with E-state index in [0.717, 1.165) is 12.8 Å². The van der Waals surface area contributed by atoms with Crippen molar-refractivity contribution in [3.05, 3.63) is 35.9 Å². The maximum Gasteiger partial charge on any atom is 0.332 e. The molecule has 0 amide bonds. The lowest BCUT2D eigenvalue weighted by Gasteiger charge is -2.26. The van der Waals surface area contributed by atoms with Crippen LogP contribution < -0.4 is 5.73 Å². The van der Waals surface area contributed by atoms with Crippen LogP contribution in [0.4, 0.5) is 0 Å². The fourth-order valence-corrected chi connectivity index (χ4v) is 2.04. The summed E-state index contributed by atoms with van der Waals surface area (Å²) in [6.07, 6.45) is 4.51. The Bertz CT molecular complexity index is 394. The molecule has 4 heteroatoms. The van der Waals surface area contributed by atoms with Gasteiger partial charge in [-0.05, 0) is 12.0 Å². The molecule has 0 radical (unpaired) electrons.